The van der Waals surface area contributed by atoms with Crippen molar-refractivity contribution in [2.45, 2.75) is 31.0 Å². The molecule has 3 heterocycles. The van der Waals surface area contributed by atoms with Crippen LogP contribution in [-0.2, 0) is 4.74 Å². The lowest BCUT2D eigenvalue weighted by Gasteiger charge is -2.32. The van der Waals surface area contributed by atoms with E-state index in [1.54, 1.807) is 0 Å². The molecule has 1 spiro atoms. The van der Waals surface area contributed by atoms with Crippen LogP contribution in [0.3, 0.4) is 0 Å². The highest BCUT2D eigenvalue weighted by Gasteiger charge is 2.42. The van der Waals surface area contributed by atoms with Crippen LogP contribution in [-0.4, -0.2) is 40.8 Å². The summed E-state index contributed by atoms with van der Waals surface area (Å²) in [5.74, 6) is 0. The molecule has 0 saturated carbocycles. The Labute approximate surface area is 98.3 Å². The van der Waals surface area contributed by atoms with Gasteiger partial charge in [0.1, 0.15) is 12.4 Å². The van der Waals surface area contributed by atoms with E-state index < -0.39 is 0 Å². The van der Waals surface area contributed by atoms with Gasteiger partial charge in [-0.15, -0.1) is 0 Å². The van der Waals surface area contributed by atoms with Gasteiger partial charge in [0.2, 0.25) is 0 Å². The van der Waals surface area contributed by atoms with Crippen LogP contribution in [0.4, 0.5) is 0 Å². The van der Waals surface area contributed by atoms with Crippen LogP contribution in [0.5, 0.6) is 5.19 Å². The molecule has 1 unspecified atom stereocenters. The monoisotopic (exact) mass is 241 g/mol. The van der Waals surface area contributed by atoms with E-state index in [2.05, 4.69) is 14.7 Å². The molecule has 0 aromatic carbocycles. The normalized spacial score (nSPS) is 28.4. The Hall–Kier alpha value is -0.720. The van der Waals surface area contributed by atoms with Crippen molar-refractivity contribution < 1.29 is 9.47 Å². The van der Waals surface area contributed by atoms with E-state index in [9.17, 15) is 0 Å². The van der Waals surface area contributed by atoms with Gasteiger partial charge in [0.05, 0.1) is 12.2 Å². The van der Waals surface area contributed by atoms with Gasteiger partial charge < -0.3 is 14.8 Å². The minimum atomic E-state index is 0.0562. The van der Waals surface area contributed by atoms with Crippen LogP contribution >= 0.6 is 11.5 Å². The minimum Gasteiger partial charge on any atom is -0.463 e. The molecular weight excluding hydrogens is 226 g/mol. The molecule has 88 valence electrons. The fraction of sp³-hybridized carbons (Fsp3) is 0.800. The quantitative estimate of drug-likeness (QED) is 0.831. The second kappa shape index (κ2) is 4.27. The van der Waals surface area contributed by atoms with Crippen molar-refractivity contribution in [3.63, 3.8) is 0 Å². The first kappa shape index (κ1) is 10.4. The summed E-state index contributed by atoms with van der Waals surface area (Å²) in [6.07, 6.45) is 4.82. The molecule has 1 atom stereocenters. The summed E-state index contributed by atoms with van der Waals surface area (Å²) in [5.41, 5.74) is 0.0562. The number of piperidine rings is 1. The van der Waals surface area contributed by atoms with E-state index in [4.69, 9.17) is 9.47 Å². The molecule has 2 aliphatic rings. The van der Waals surface area contributed by atoms with Gasteiger partial charge in [-0.25, -0.2) is 0 Å². The zero-order valence-corrected chi connectivity index (χ0v) is 9.83. The second-order valence-electron chi connectivity index (χ2n) is 4.40. The first-order chi connectivity index (χ1) is 7.86. The molecule has 2 saturated heterocycles. The van der Waals surface area contributed by atoms with Gasteiger partial charge in [-0.1, -0.05) is 0 Å². The highest BCUT2D eigenvalue weighted by Crippen LogP contribution is 2.35. The van der Waals surface area contributed by atoms with Gasteiger partial charge in [-0.05, 0) is 25.9 Å². The average molecular weight is 241 g/mol. The third-order valence-electron chi connectivity index (χ3n) is 3.30. The van der Waals surface area contributed by atoms with Crippen molar-refractivity contribution >= 4 is 11.5 Å². The smallest absolute Gasteiger partial charge is 0.293 e. The number of nitrogens with zero attached hydrogens (tertiary/aromatic N) is 2. The molecule has 0 bridgehead atoms. The van der Waals surface area contributed by atoms with Gasteiger partial charge in [-0.2, -0.15) is 9.36 Å². The summed E-state index contributed by atoms with van der Waals surface area (Å²) in [6.45, 7) is 2.77. The minimum absolute atomic E-state index is 0.0562. The van der Waals surface area contributed by atoms with E-state index >= 15 is 0 Å². The molecule has 3 rings (SSSR count). The van der Waals surface area contributed by atoms with Crippen molar-refractivity contribution in [2.24, 2.45) is 0 Å². The molecule has 0 amide bonds. The fourth-order valence-electron chi connectivity index (χ4n) is 2.47. The van der Waals surface area contributed by atoms with Crippen molar-refractivity contribution in [2.75, 3.05) is 19.7 Å². The van der Waals surface area contributed by atoms with Gasteiger partial charge in [0.25, 0.3) is 5.19 Å². The fourth-order valence-corrected chi connectivity index (χ4v) is 2.92. The summed E-state index contributed by atoms with van der Waals surface area (Å²) in [7, 11) is 0. The maximum atomic E-state index is 5.93. The van der Waals surface area contributed by atoms with Gasteiger partial charge in [0.15, 0.2) is 0 Å². The number of ether oxygens (including phenoxy) is 2. The molecule has 2 aliphatic heterocycles. The maximum Gasteiger partial charge on any atom is 0.293 e. The van der Waals surface area contributed by atoms with Crippen LogP contribution < -0.4 is 10.1 Å². The zero-order chi connectivity index (χ0) is 10.8. The first-order valence-corrected chi connectivity index (χ1v) is 6.42. The molecule has 2 fully saturated rings. The maximum absolute atomic E-state index is 5.93. The van der Waals surface area contributed by atoms with Gasteiger partial charge in [-0.3, -0.25) is 0 Å². The Morgan fingerprint density at radius 2 is 2.38 bits per heavy atom. The summed E-state index contributed by atoms with van der Waals surface area (Å²) in [5, 5.41) is 4.01. The highest BCUT2D eigenvalue weighted by atomic mass is 32.1. The van der Waals surface area contributed by atoms with Crippen LogP contribution in [0.2, 0.25) is 0 Å². The zero-order valence-electron chi connectivity index (χ0n) is 9.02. The molecule has 0 radical (unpaired) electrons. The van der Waals surface area contributed by atoms with E-state index in [0.29, 0.717) is 11.8 Å². The summed E-state index contributed by atoms with van der Waals surface area (Å²) in [4.78, 5) is 4.03. The Kier molecular flexibility index (Phi) is 2.79. The van der Waals surface area contributed by atoms with Gasteiger partial charge in [0, 0.05) is 18.0 Å². The average Bonchev–Trinajstić information content (AvgIpc) is 2.92. The number of nitrogens with one attached hydrogen (secondary N) is 1. The number of aromatic nitrogens is 2. The van der Waals surface area contributed by atoms with Crippen molar-refractivity contribution in [3.05, 3.63) is 6.33 Å². The van der Waals surface area contributed by atoms with E-state index in [0.717, 1.165) is 32.4 Å². The Bertz CT molecular complexity index is 338. The summed E-state index contributed by atoms with van der Waals surface area (Å²) >= 11 is 1.29. The third-order valence-corrected chi connectivity index (χ3v) is 3.86. The molecular formula is C10H15N3O2S. The van der Waals surface area contributed by atoms with Crippen molar-refractivity contribution in [3.8, 4) is 5.19 Å². The van der Waals surface area contributed by atoms with Crippen LogP contribution in [0.1, 0.15) is 19.3 Å². The van der Waals surface area contributed by atoms with Crippen molar-refractivity contribution in [1.29, 1.82) is 0 Å². The largest absolute Gasteiger partial charge is 0.463 e. The lowest BCUT2D eigenvalue weighted by molar-refractivity contribution is -0.0205. The molecule has 6 heteroatoms. The predicted octanol–water partition coefficient (Wildman–Crippen LogP) is 0.828. The molecule has 5 nitrogen and oxygen atoms in total. The number of rotatable bonds is 2. The van der Waals surface area contributed by atoms with Crippen molar-refractivity contribution in [1.82, 2.24) is 14.7 Å². The highest BCUT2D eigenvalue weighted by molar-refractivity contribution is 7.07. The Morgan fingerprint density at radius 1 is 1.50 bits per heavy atom. The van der Waals surface area contributed by atoms with Crippen LogP contribution in [0.25, 0.3) is 0 Å². The van der Waals surface area contributed by atoms with E-state index in [-0.39, 0.29) is 11.7 Å². The standard InChI is InChI=1S/C10H15N3O2S/c1-3-11-4-2-10(1)5-8(6-14-10)15-9-12-7-13-16-9/h7-8,11H,1-6H2. The number of hydrogen-bond donors (Lipinski definition) is 1. The van der Waals surface area contributed by atoms with Crippen LogP contribution in [0.15, 0.2) is 6.33 Å². The Balaban J connectivity index is 1.60. The Morgan fingerprint density at radius 3 is 3.12 bits per heavy atom. The summed E-state index contributed by atoms with van der Waals surface area (Å²) in [6, 6.07) is 0. The lowest BCUT2D eigenvalue weighted by atomic mass is 9.89. The van der Waals surface area contributed by atoms with Crippen LogP contribution in [0, 0.1) is 0 Å². The van der Waals surface area contributed by atoms with E-state index in [1.165, 1.54) is 17.9 Å². The third kappa shape index (κ3) is 2.05. The second-order valence-corrected chi connectivity index (χ2v) is 5.14. The predicted molar refractivity (Wildman–Crippen MR) is 59.7 cm³/mol. The SMILES string of the molecule is c1nsc(OC2COC3(CCNCC3)C2)n1. The molecule has 1 aromatic heterocycles. The molecule has 0 aliphatic carbocycles. The molecule has 1 N–H and O–H groups in total. The van der Waals surface area contributed by atoms with E-state index in [1.807, 2.05) is 0 Å². The van der Waals surface area contributed by atoms with Gasteiger partial charge >= 0.3 is 0 Å². The topological polar surface area (TPSA) is 56.3 Å². The number of hydrogen-bond acceptors (Lipinski definition) is 6. The summed E-state index contributed by atoms with van der Waals surface area (Å²) < 4.78 is 15.6. The lowest BCUT2D eigenvalue weighted by Crippen LogP contribution is -2.41. The molecule has 1 aromatic rings. The molecule has 16 heavy (non-hydrogen) atoms. The first-order valence-electron chi connectivity index (χ1n) is 5.64.